The molecule has 5 nitrogen and oxygen atoms in total. The minimum Gasteiger partial charge on any atom is -0.411 e. The number of likely N-dealkylation sites (tertiary alicyclic amines) is 1. The molecule has 0 amide bonds. The Morgan fingerprint density at radius 3 is 3.16 bits per heavy atom. The van der Waals surface area contributed by atoms with Crippen LogP contribution in [-0.4, -0.2) is 33.9 Å². The summed E-state index contributed by atoms with van der Waals surface area (Å²) in [5.74, 6) is 0.306. The molecule has 0 saturated carbocycles. The maximum absolute atomic E-state index is 9.04. The van der Waals surface area contributed by atoms with Crippen molar-refractivity contribution in [2.75, 3.05) is 13.1 Å². The maximum Gasteiger partial charge on any atom is 0.144 e. The average molecular weight is 258 g/mol. The molecule has 1 aliphatic heterocycles. The van der Waals surface area contributed by atoms with Crippen LogP contribution in [0.2, 0.25) is 0 Å². The van der Waals surface area contributed by atoms with E-state index in [9.17, 15) is 0 Å². The number of aromatic nitrogens is 1. The van der Waals surface area contributed by atoms with Crippen molar-refractivity contribution in [3.63, 3.8) is 0 Å². The molecule has 1 unspecified atom stereocenters. The Bertz CT molecular complexity index is 506. The predicted octanol–water partition coefficient (Wildman–Crippen LogP) is 2.02. The Morgan fingerprint density at radius 1 is 1.63 bits per heavy atom. The largest absolute Gasteiger partial charge is 0.411 e. The molecule has 0 bridgehead atoms. The monoisotopic (exact) mass is 258 g/mol. The van der Waals surface area contributed by atoms with Crippen LogP contribution in [0.1, 0.15) is 31.0 Å². The summed E-state index contributed by atoms with van der Waals surface area (Å²) in [6.07, 6.45) is 3.40. The van der Waals surface area contributed by atoms with E-state index in [2.05, 4.69) is 28.0 Å². The summed E-state index contributed by atoms with van der Waals surface area (Å²) < 4.78 is 0. The van der Waals surface area contributed by atoms with Gasteiger partial charge in [0.05, 0.1) is 5.71 Å². The average Bonchev–Trinajstić information content (AvgIpc) is 2.47. The van der Waals surface area contributed by atoms with E-state index in [1.807, 2.05) is 12.1 Å². The molecule has 5 heteroatoms. The highest BCUT2D eigenvalue weighted by Crippen LogP contribution is 2.20. The third-order valence-corrected chi connectivity index (χ3v) is 3.65. The number of rotatable bonds is 3. The molecule has 1 atom stereocenters. The Hall–Kier alpha value is -1.93. The molecule has 0 aromatic carbocycles. The van der Waals surface area contributed by atoms with E-state index < -0.39 is 0 Å². The van der Waals surface area contributed by atoms with E-state index in [4.69, 9.17) is 10.5 Å². The zero-order valence-electron chi connectivity index (χ0n) is 11.1. The van der Waals surface area contributed by atoms with Gasteiger partial charge in [0, 0.05) is 43.7 Å². The highest BCUT2D eigenvalue weighted by Gasteiger charge is 2.25. The van der Waals surface area contributed by atoms with E-state index in [0.717, 1.165) is 43.8 Å². The van der Waals surface area contributed by atoms with Gasteiger partial charge < -0.3 is 5.21 Å². The number of piperidine rings is 1. The van der Waals surface area contributed by atoms with Crippen molar-refractivity contribution in [1.82, 2.24) is 9.88 Å². The Labute approximate surface area is 113 Å². The highest BCUT2D eigenvalue weighted by molar-refractivity contribution is 5.87. The van der Waals surface area contributed by atoms with Crippen molar-refractivity contribution in [2.24, 2.45) is 11.1 Å². The fourth-order valence-electron chi connectivity index (χ4n) is 2.53. The van der Waals surface area contributed by atoms with Gasteiger partial charge in [-0.1, -0.05) is 18.1 Å². The molecule has 0 aliphatic carbocycles. The van der Waals surface area contributed by atoms with E-state index >= 15 is 0 Å². The van der Waals surface area contributed by atoms with Crippen LogP contribution in [-0.2, 0) is 6.54 Å². The lowest BCUT2D eigenvalue weighted by molar-refractivity contribution is 0.220. The van der Waals surface area contributed by atoms with Gasteiger partial charge in [0.1, 0.15) is 11.8 Å². The third-order valence-electron chi connectivity index (χ3n) is 3.65. The molecule has 2 rings (SSSR count). The number of nitriles is 1. The topological polar surface area (TPSA) is 72.5 Å². The summed E-state index contributed by atoms with van der Waals surface area (Å²) >= 11 is 0. The van der Waals surface area contributed by atoms with Crippen LogP contribution in [0.25, 0.3) is 0 Å². The lowest BCUT2D eigenvalue weighted by atomic mass is 9.93. The van der Waals surface area contributed by atoms with Crippen molar-refractivity contribution in [2.45, 2.75) is 26.3 Å². The normalized spacial score (nSPS) is 22.3. The third kappa shape index (κ3) is 3.09. The van der Waals surface area contributed by atoms with Gasteiger partial charge >= 0.3 is 0 Å². The first-order valence-corrected chi connectivity index (χ1v) is 6.55. The molecule has 0 spiro atoms. The summed E-state index contributed by atoms with van der Waals surface area (Å²) in [6, 6.07) is 5.93. The van der Waals surface area contributed by atoms with Gasteiger partial charge in [-0.2, -0.15) is 5.26 Å². The van der Waals surface area contributed by atoms with Gasteiger partial charge in [-0.25, -0.2) is 4.98 Å². The van der Waals surface area contributed by atoms with E-state index in [1.54, 1.807) is 6.20 Å². The summed E-state index contributed by atoms with van der Waals surface area (Å²) in [6.45, 7) is 4.56. The fraction of sp³-hybridized carbons (Fsp3) is 0.500. The van der Waals surface area contributed by atoms with Crippen molar-refractivity contribution < 1.29 is 5.21 Å². The predicted molar refractivity (Wildman–Crippen MR) is 71.8 cm³/mol. The van der Waals surface area contributed by atoms with Crippen LogP contribution in [0.3, 0.4) is 0 Å². The van der Waals surface area contributed by atoms with Gasteiger partial charge in [0.15, 0.2) is 0 Å². The molecule has 1 saturated heterocycles. The number of oxime groups is 1. The second-order valence-corrected chi connectivity index (χ2v) is 4.80. The molecule has 0 radical (unpaired) electrons. The Morgan fingerprint density at radius 2 is 2.47 bits per heavy atom. The Balaban J connectivity index is 2.07. The van der Waals surface area contributed by atoms with Gasteiger partial charge in [-0.15, -0.1) is 0 Å². The zero-order chi connectivity index (χ0) is 13.7. The van der Waals surface area contributed by atoms with Crippen molar-refractivity contribution >= 4 is 5.71 Å². The highest BCUT2D eigenvalue weighted by atomic mass is 16.4. The lowest BCUT2D eigenvalue weighted by Gasteiger charge is -2.32. The molecular weight excluding hydrogens is 240 g/mol. The molecular formula is C14H18N4O. The van der Waals surface area contributed by atoms with E-state index in [0.29, 0.717) is 11.6 Å². The Kier molecular flexibility index (Phi) is 4.48. The van der Waals surface area contributed by atoms with Crippen LogP contribution >= 0.6 is 0 Å². The van der Waals surface area contributed by atoms with Crippen molar-refractivity contribution in [3.05, 3.63) is 29.6 Å². The molecule has 19 heavy (non-hydrogen) atoms. The van der Waals surface area contributed by atoms with Crippen LogP contribution in [0, 0.1) is 17.2 Å². The summed E-state index contributed by atoms with van der Waals surface area (Å²) in [4.78, 5) is 6.37. The lowest BCUT2D eigenvalue weighted by Crippen LogP contribution is -2.40. The fourth-order valence-corrected chi connectivity index (χ4v) is 2.53. The van der Waals surface area contributed by atoms with Crippen LogP contribution < -0.4 is 0 Å². The maximum atomic E-state index is 9.04. The van der Waals surface area contributed by atoms with E-state index in [1.165, 1.54) is 0 Å². The van der Waals surface area contributed by atoms with Crippen LogP contribution in [0.5, 0.6) is 0 Å². The summed E-state index contributed by atoms with van der Waals surface area (Å²) in [5, 5.41) is 21.4. The second kappa shape index (κ2) is 6.30. The SMILES string of the molecule is CCC1CN(Cc2cccnc2C#N)CC/C1=N\O. The van der Waals surface area contributed by atoms with Gasteiger partial charge in [-0.05, 0) is 12.5 Å². The molecule has 1 aromatic heterocycles. The molecule has 2 heterocycles. The van der Waals surface area contributed by atoms with Crippen molar-refractivity contribution in [3.8, 4) is 6.07 Å². The van der Waals surface area contributed by atoms with Gasteiger partial charge in [0.25, 0.3) is 0 Å². The summed E-state index contributed by atoms with van der Waals surface area (Å²) in [5.41, 5.74) is 2.35. The van der Waals surface area contributed by atoms with Crippen LogP contribution in [0.4, 0.5) is 0 Å². The first-order chi connectivity index (χ1) is 9.28. The van der Waals surface area contributed by atoms with E-state index in [-0.39, 0.29) is 0 Å². The first kappa shape index (κ1) is 13.5. The molecule has 1 aromatic rings. The minimum atomic E-state index is 0.306. The standard InChI is InChI=1S/C14H18N4O/c1-2-11-9-18(7-5-13(11)17-19)10-12-4-3-6-16-14(12)8-15/h3-4,6,11,19H,2,5,7,9-10H2,1H3/b17-13+. The molecule has 1 aliphatic rings. The summed E-state index contributed by atoms with van der Waals surface area (Å²) in [7, 11) is 0. The van der Waals surface area contributed by atoms with Crippen LogP contribution in [0.15, 0.2) is 23.5 Å². The minimum absolute atomic E-state index is 0.306. The second-order valence-electron chi connectivity index (χ2n) is 4.80. The van der Waals surface area contributed by atoms with Gasteiger partial charge in [0.2, 0.25) is 0 Å². The smallest absolute Gasteiger partial charge is 0.144 e. The van der Waals surface area contributed by atoms with Gasteiger partial charge in [-0.3, -0.25) is 4.90 Å². The van der Waals surface area contributed by atoms with Crippen molar-refractivity contribution in [1.29, 1.82) is 5.26 Å². The molecule has 1 N–H and O–H groups in total. The number of pyridine rings is 1. The number of hydrogen-bond donors (Lipinski definition) is 1. The number of nitrogens with zero attached hydrogens (tertiary/aromatic N) is 4. The zero-order valence-corrected chi connectivity index (χ0v) is 11.1. The quantitative estimate of drug-likeness (QED) is 0.665. The molecule has 1 fully saturated rings. The number of hydrogen-bond acceptors (Lipinski definition) is 5. The molecule has 100 valence electrons. The first-order valence-electron chi connectivity index (χ1n) is 6.55.